The van der Waals surface area contributed by atoms with Gasteiger partial charge in [0, 0.05) is 28.0 Å². The number of fused-ring (bicyclic) bond motifs is 1. The number of hydrogen-bond donors (Lipinski definition) is 2. The van der Waals surface area contributed by atoms with Crippen molar-refractivity contribution in [3.63, 3.8) is 0 Å². The molecule has 0 saturated carbocycles. The van der Waals surface area contributed by atoms with Crippen molar-refractivity contribution < 1.29 is 4.79 Å². The van der Waals surface area contributed by atoms with Gasteiger partial charge in [-0.25, -0.2) is 0 Å². The van der Waals surface area contributed by atoms with E-state index in [9.17, 15) is 4.79 Å². The van der Waals surface area contributed by atoms with Gasteiger partial charge in [0.15, 0.2) is 0 Å². The van der Waals surface area contributed by atoms with Gasteiger partial charge in [0.2, 0.25) is 0 Å². The Morgan fingerprint density at radius 1 is 1.15 bits per heavy atom. The van der Waals surface area contributed by atoms with Crippen molar-refractivity contribution >= 4 is 33.2 Å². The van der Waals surface area contributed by atoms with Crippen LogP contribution in [0.15, 0.2) is 46.9 Å². The second kappa shape index (κ2) is 5.67. The van der Waals surface area contributed by atoms with Gasteiger partial charge in [-0.1, -0.05) is 22.0 Å². The molecule has 1 heterocycles. The van der Waals surface area contributed by atoms with E-state index in [1.165, 1.54) is 0 Å². The molecule has 3 rings (SSSR count). The standard InChI is InChI=1S/C16H15BrN2O/c17-11-6-8-12(9-7-11)19-16(20)14-3-1-5-15-13(14)4-2-10-18-15/h1,3,5-9,18H,2,4,10H2,(H,19,20). The predicted octanol–water partition coefficient (Wildman–Crippen LogP) is 4.06. The summed E-state index contributed by atoms with van der Waals surface area (Å²) in [5.74, 6) is -0.0483. The summed E-state index contributed by atoms with van der Waals surface area (Å²) >= 11 is 3.38. The monoisotopic (exact) mass is 330 g/mol. The van der Waals surface area contributed by atoms with E-state index in [1.54, 1.807) is 0 Å². The van der Waals surface area contributed by atoms with E-state index in [0.717, 1.165) is 46.4 Å². The van der Waals surface area contributed by atoms with Crippen LogP contribution in [0.25, 0.3) is 0 Å². The lowest BCUT2D eigenvalue weighted by Gasteiger charge is -2.20. The van der Waals surface area contributed by atoms with Gasteiger partial charge in [0.25, 0.3) is 5.91 Å². The van der Waals surface area contributed by atoms with Crippen LogP contribution in [0.5, 0.6) is 0 Å². The molecule has 0 saturated heterocycles. The molecule has 0 atom stereocenters. The van der Waals surface area contributed by atoms with Crippen LogP contribution >= 0.6 is 15.9 Å². The summed E-state index contributed by atoms with van der Waals surface area (Å²) < 4.78 is 0.997. The van der Waals surface area contributed by atoms with E-state index in [0.29, 0.717) is 0 Å². The van der Waals surface area contributed by atoms with Crippen molar-refractivity contribution in [3.05, 3.63) is 58.1 Å². The summed E-state index contributed by atoms with van der Waals surface area (Å²) in [6.45, 7) is 0.977. The van der Waals surface area contributed by atoms with Crippen molar-refractivity contribution in [1.29, 1.82) is 0 Å². The van der Waals surface area contributed by atoms with Crippen molar-refractivity contribution in [2.45, 2.75) is 12.8 Å². The molecule has 0 unspecified atom stereocenters. The number of amides is 1. The Hall–Kier alpha value is -1.81. The molecule has 4 heteroatoms. The molecule has 2 aromatic rings. The lowest BCUT2D eigenvalue weighted by Crippen LogP contribution is -2.19. The van der Waals surface area contributed by atoms with Crippen LogP contribution in [0.3, 0.4) is 0 Å². The summed E-state index contributed by atoms with van der Waals surface area (Å²) in [5, 5.41) is 6.29. The number of carbonyl (C=O) groups excluding carboxylic acids is 1. The second-order valence-electron chi connectivity index (χ2n) is 4.82. The Morgan fingerprint density at radius 2 is 1.95 bits per heavy atom. The topological polar surface area (TPSA) is 41.1 Å². The lowest BCUT2D eigenvalue weighted by atomic mass is 9.97. The Balaban J connectivity index is 1.85. The molecule has 2 N–H and O–H groups in total. The Morgan fingerprint density at radius 3 is 2.75 bits per heavy atom. The highest BCUT2D eigenvalue weighted by Crippen LogP contribution is 2.26. The predicted molar refractivity (Wildman–Crippen MR) is 85.3 cm³/mol. The fourth-order valence-electron chi connectivity index (χ4n) is 2.45. The van der Waals surface area contributed by atoms with Crippen molar-refractivity contribution in [1.82, 2.24) is 0 Å². The minimum atomic E-state index is -0.0483. The first-order valence-electron chi connectivity index (χ1n) is 6.67. The van der Waals surface area contributed by atoms with Crippen LogP contribution in [-0.2, 0) is 6.42 Å². The van der Waals surface area contributed by atoms with Crippen LogP contribution in [0.1, 0.15) is 22.3 Å². The normalized spacial score (nSPS) is 13.2. The van der Waals surface area contributed by atoms with Gasteiger partial charge in [-0.2, -0.15) is 0 Å². The minimum absolute atomic E-state index is 0.0483. The summed E-state index contributed by atoms with van der Waals surface area (Å²) in [4.78, 5) is 12.4. The smallest absolute Gasteiger partial charge is 0.256 e. The molecule has 0 spiro atoms. The molecular formula is C16H15BrN2O. The van der Waals surface area contributed by atoms with Crippen LogP contribution in [0.2, 0.25) is 0 Å². The van der Waals surface area contributed by atoms with E-state index in [4.69, 9.17) is 0 Å². The summed E-state index contributed by atoms with van der Waals surface area (Å²) in [5.41, 5.74) is 3.77. The second-order valence-corrected chi connectivity index (χ2v) is 5.74. The largest absolute Gasteiger partial charge is 0.385 e. The van der Waals surface area contributed by atoms with Crippen LogP contribution in [0, 0.1) is 0 Å². The van der Waals surface area contributed by atoms with Gasteiger partial charge in [0.1, 0.15) is 0 Å². The SMILES string of the molecule is O=C(Nc1ccc(Br)cc1)c1cccc2c1CCCN2. The zero-order valence-electron chi connectivity index (χ0n) is 10.9. The maximum atomic E-state index is 12.4. The Bertz CT molecular complexity index is 637. The first-order valence-corrected chi connectivity index (χ1v) is 7.46. The average molecular weight is 331 g/mol. The fraction of sp³-hybridized carbons (Fsp3) is 0.188. The summed E-state index contributed by atoms with van der Waals surface area (Å²) in [7, 11) is 0. The fourth-order valence-corrected chi connectivity index (χ4v) is 2.72. The number of nitrogens with one attached hydrogen (secondary N) is 2. The molecule has 2 aromatic carbocycles. The highest BCUT2D eigenvalue weighted by Gasteiger charge is 2.17. The van der Waals surface area contributed by atoms with E-state index in [1.807, 2.05) is 42.5 Å². The van der Waals surface area contributed by atoms with E-state index >= 15 is 0 Å². The van der Waals surface area contributed by atoms with E-state index < -0.39 is 0 Å². The minimum Gasteiger partial charge on any atom is -0.385 e. The van der Waals surface area contributed by atoms with Crippen LogP contribution in [-0.4, -0.2) is 12.5 Å². The molecule has 0 fully saturated rings. The number of halogens is 1. The van der Waals surface area contributed by atoms with Crippen molar-refractivity contribution in [3.8, 4) is 0 Å². The molecular weight excluding hydrogens is 316 g/mol. The van der Waals surface area contributed by atoms with Crippen molar-refractivity contribution in [2.24, 2.45) is 0 Å². The average Bonchev–Trinajstić information content (AvgIpc) is 2.49. The van der Waals surface area contributed by atoms with Gasteiger partial charge >= 0.3 is 0 Å². The lowest BCUT2D eigenvalue weighted by molar-refractivity contribution is 0.102. The quantitative estimate of drug-likeness (QED) is 0.871. The van der Waals surface area contributed by atoms with Crippen LogP contribution in [0.4, 0.5) is 11.4 Å². The van der Waals surface area contributed by atoms with E-state index in [-0.39, 0.29) is 5.91 Å². The Kier molecular flexibility index (Phi) is 3.74. The molecule has 20 heavy (non-hydrogen) atoms. The third kappa shape index (κ3) is 2.70. The molecule has 0 radical (unpaired) electrons. The molecule has 0 aromatic heterocycles. The highest BCUT2D eigenvalue weighted by molar-refractivity contribution is 9.10. The maximum absolute atomic E-state index is 12.4. The van der Waals surface area contributed by atoms with Gasteiger partial charge in [-0.15, -0.1) is 0 Å². The molecule has 1 amide bonds. The summed E-state index contributed by atoms with van der Waals surface area (Å²) in [6, 6.07) is 13.4. The third-order valence-electron chi connectivity index (χ3n) is 3.44. The van der Waals surface area contributed by atoms with Gasteiger partial charge in [-0.3, -0.25) is 4.79 Å². The summed E-state index contributed by atoms with van der Waals surface area (Å²) in [6.07, 6.45) is 2.02. The molecule has 0 aliphatic carbocycles. The van der Waals surface area contributed by atoms with Crippen molar-refractivity contribution in [2.75, 3.05) is 17.2 Å². The zero-order valence-corrected chi connectivity index (χ0v) is 12.5. The van der Waals surface area contributed by atoms with Gasteiger partial charge in [-0.05, 0) is 54.8 Å². The van der Waals surface area contributed by atoms with E-state index in [2.05, 4.69) is 26.6 Å². The van der Waals surface area contributed by atoms with Crippen LogP contribution < -0.4 is 10.6 Å². The zero-order chi connectivity index (χ0) is 13.9. The molecule has 0 bridgehead atoms. The highest BCUT2D eigenvalue weighted by atomic mass is 79.9. The van der Waals surface area contributed by atoms with Gasteiger partial charge < -0.3 is 10.6 Å². The number of benzene rings is 2. The third-order valence-corrected chi connectivity index (χ3v) is 3.97. The Labute approximate surface area is 126 Å². The number of carbonyl (C=O) groups is 1. The number of hydrogen-bond acceptors (Lipinski definition) is 2. The molecule has 3 nitrogen and oxygen atoms in total. The molecule has 1 aliphatic rings. The first-order chi connectivity index (χ1) is 9.74. The first kappa shape index (κ1) is 13.2. The number of rotatable bonds is 2. The number of anilines is 2. The maximum Gasteiger partial charge on any atom is 0.256 e. The van der Waals surface area contributed by atoms with Gasteiger partial charge in [0.05, 0.1) is 0 Å². The molecule has 102 valence electrons. The molecule has 1 aliphatic heterocycles.